The molecule has 0 spiro atoms. The predicted octanol–water partition coefficient (Wildman–Crippen LogP) is 3.44. The summed E-state index contributed by atoms with van der Waals surface area (Å²) in [6, 6.07) is 13.1. The average molecular weight is 322 g/mol. The van der Waals surface area contributed by atoms with Crippen LogP contribution in [0.2, 0.25) is 0 Å². The van der Waals surface area contributed by atoms with Gasteiger partial charge in [0, 0.05) is 28.1 Å². The molecule has 23 heavy (non-hydrogen) atoms. The van der Waals surface area contributed by atoms with Crippen LogP contribution in [0.25, 0.3) is 10.1 Å². The zero-order valence-electron chi connectivity index (χ0n) is 12.3. The molecule has 0 fully saturated rings. The summed E-state index contributed by atoms with van der Waals surface area (Å²) in [6.45, 7) is 0.665. The topological polar surface area (TPSA) is 58.2 Å². The van der Waals surface area contributed by atoms with Crippen molar-refractivity contribution in [3.05, 3.63) is 64.5 Å². The molecule has 0 bridgehead atoms. The van der Waals surface area contributed by atoms with Gasteiger partial charge in [-0.05, 0) is 59.1 Å². The molecule has 5 heteroatoms. The third kappa shape index (κ3) is 2.59. The van der Waals surface area contributed by atoms with Crippen LogP contribution in [-0.2, 0) is 6.42 Å². The number of rotatable bonds is 2. The highest BCUT2D eigenvalue weighted by molar-refractivity contribution is 7.17. The zero-order chi connectivity index (χ0) is 15.8. The zero-order valence-corrected chi connectivity index (χ0v) is 13.1. The Hall–Kier alpha value is -2.66. The summed E-state index contributed by atoms with van der Waals surface area (Å²) >= 11 is 1.65. The second-order valence-corrected chi connectivity index (χ2v) is 6.45. The van der Waals surface area contributed by atoms with E-state index in [1.807, 2.05) is 41.8 Å². The second-order valence-electron chi connectivity index (χ2n) is 5.51. The van der Waals surface area contributed by atoms with Crippen molar-refractivity contribution in [2.24, 2.45) is 0 Å². The highest BCUT2D eigenvalue weighted by Crippen LogP contribution is 2.23. The van der Waals surface area contributed by atoms with Gasteiger partial charge in [0.2, 0.25) is 0 Å². The van der Waals surface area contributed by atoms with Gasteiger partial charge in [-0.2, -0.15) is 0 Å². The number of carbonyl (C=O) groups is 2. The minimum absolute atomic E-state index is 0.0814. The number of benzene rings is 2. The van der Waals surface area contributed by atoms with E-state index >= 15 is 0 Å². The average Bonchev–Trinajstić information content (AvgIpc) is 3.03. The third-order valence-corrected chi connectivity index (χ3v) is 4.90. The maximum atomic E-state index is 12.4. The van der Waals surface area contributed by atoms with Crippen molar-refractivity contribution in [1.82, 2.24) is 5.32 Å². The minimum atomic E-state index is -0.172. The lowest BCUT2D eigenvalue weighted by molar-refractivity contribution is 0.0944. The molecule has 1 aromatic heterocycles. The molecule has 0 atom stereocenters. The van der Waals surface area contributed by atoms with E-state index in [1.54, 1.807) is 17.4 Å². The van der Waals surface area contributed by atoms with Crippen LogP contribution in [0.1, 0.15) is 26.3 Å². The molecule has 2 aromatic carbocycles. The number of thiophene rings is 1. The molecule has 4 rings (SSSR count). The lowest BCUT2D eigenvalue weighted by Crippen LogP contribution is -2.31. The van der Waals surface area contributed by atoms with Crippen molar-refractivity contribution < 1.29 is 9.59 Å². The number of hydrogen-bond acceptors (Lipinski definition) is 3. The Balaban J connectivity index is 1.61. The molecule has 3 aromatic rings. The van der Waals surface area contributed by atoms with Crippen molar-refractivity contribution in [2.45, 2.75) is 6.42 Å². The van der Waals surface area contributed by atoms with E-state index in [1.165, 1.54) is 0 Å². The van der Waals surface area contributed by atoms with Crippen LogP contribution in [0.15, 0.2) is 47.8 Å². The van der Waals surface area contributed by atoms with Crippen molar-refractivity contribution >= 4 is 38.9 Å². The molecule has 4 nitrogen and oxygen atoms in total. The van der Waals surface area contributed by atoms with E-state index in [0.717, 1.165) is 22.1 Å². The lowest BCUT2D eigenvalue weighted by atomic mass is 10.00. The summed E-state index contributed by atoms with van der Waals surface area (Å²) in [6.07, 6.45) is 0.824. The van der Waals surface area contributed by atoms with Crippen LogP contribution < -0.4 is 10.6 Å². The summed E-state index contributed by atoms with van der Waals surface area (Å²) in [5.74, 6) is -0.253. The maximum absolute atomic E-state index is 12.4. The Kier molecular flexibility index (Phi) is 3.35. The molecule has 114 valence electrons. The van der Waals surface area contributed by atoms with Crippen LogP contribution in [-0.4, -0.2) is 18.4 Å². The highest BCUT2D eigenvalue weighted by atomic mass is 32.1. The fourth-order valence-corrected chi connectivity index (χ4v) is 3.57. The summed E-state index contributed by atoms with van der Waals surface area (Å²) in [5.41, 5.74) is 2.91. The van der Waals surface area contributed by atoms with Gasteiger partial charge in [-0.3, -0.25) is 9.59 Å². The summed E-state index contributed by atoms with van der Waals surface area (Å²) in [7, 11) is 0. The van der Waals surface area contributed by atoms with Crippen molar-refractivity contribution in [1.29, 1.82) is 0 Å². The van der Waals surface area contributed by atoms with Gasteiger partial charge in [-0.15, -0.1) is 11.3 Å². The van der Waals surface area contributed by atoms with Crippen molar-refractivity contribution in [2.75, 3.05) is 11.9 Å². The monoisotopic (exact) mass is 322 g/mol. The van der Waals surface area contributed by atoms with Crippen LogP contribution in [0.4, 0.5) is 5.69 Å². The smallest absolute Gasteiger partial charge is 0.255 e. The molecule has 2 amide bonds. The SMILES string of the molecule is O=C(Nc1ccc2c(c1)C(=O)NCC2)c1ccc2sccc2c1. The summed E-state index contributed by atoms with van der Waals surface area (Å²) in [5, 5.41) is 8.76. The number of amides is 2. The quantitative estimate of drug-likeness (QED) is 0.759. The van der Waals surface area contributed by atoms with E-state index in [9.17, 15) is 9.59 Å². The van der Waals surface area contributed by atoms with E-state index < -0.39 is 0 Å². The van der Waals surface area contributed by atoms with E-state index in [-0.39, 0.29) is 11.8 Å². The van der Waals surface area contributed by atoms with Crippen molar-refractivity contribution in [3.8, 4) is 0 Å². The first-order valence-corrected chi connectivity index (χ1v) is 8.28. The Morgan fingerprint density at radius 3 is 2.96 bits per heavy atom. The summed E-state index contributed by atoms with van der Waals surface area (Å²) < 4.78 is 1.16. The number of hydrogen-bond donors (Lipinski definition) is 2. The standard InChI is InChI=1S/C18H14N2O2S/c21-17(13-2-4-16-12(9-13)6-8-23-16)20-14-3-1-11-5-7-19-18(22)15(11)10-14/h1-4,6,8-10H,5,7H2,(H,19,22)(H,20,21). The maximum Gasteiger partial charge on any atom is 0.255 e. The Labute approximate surface area is 137 Å². The minimum Gasteiger partial charge on any atom is -0.352 e. The highest BCUT2D eigenvalue weighted by Gasteiger charge is 2.17. The molecule has 1 aliphatic rings. The molecule has 1 aliphatic heterocycles. The first kappa shape index (κ1) is 14.0. The second kappa shape index (κ2) is 5.52. The fraction of sp³-hybridized carbons (Fsp3) is 0.111. The number of carbonyl (C=O) groups excluding carboxylic acids is 2. The van der Waals surface area contributed by atoms with E-state index in [4.69, 9.17) is 0 Å². The largest absolute Gasteiger partial charge is 0.352 e. The molecular formula is C18H14N2O2S. The van der Waals surface area contributed by atoms with E-state index in [2.05, 4.69) is 10.6 Å². The van der Waals surface area contributed by atoms with Crippen LogP contribution in [0.3, 0.4) is 0 Å². The van der Waals surface area contributed by atoms with Gasteiger partial charge in [0.1, 0.15) is 0 Å². The number of nitrogens with one attached hydrogen (secondary N) is 2. The molecule has 0 unspecified atom stereocenters. The fourth-order valence-electron chi connectivity index (χ4n) is 2.80. The van der Waals surface area contributed by atoms with Crippen LogP contribution >= 0.6 is 11.3 Å². The third-order valence-electron chi connectivity index (χ3n) is 4.01. The molecule has 2 N–H and O–H groups in total. The number of fused-ring (bicyclic) bond motifs is 2. The van der Waals surface area contributed by atoms with Gasteiger partial charge in [0.15, 0.2) is 0 Å². The Morgan fingerprint density at radius 1 is 1.13 bits per heavy atom. The normalized spacial score (nSPS) is 13.5. The predicted molar refractivity (Wildman–Crippen MR) is 92.3 cm³/mol. The molecular weight excluding hydrogens is 308 g/mol. The van der Waals surface area contributed by atoms with Crippen LogP contribution in [0, 0.1) is 0 Å². The molecule has 0 aliphatic carbocycles. The molecule has 0 saturated carbocycles. The van der Waals surface area contributed by atoms with Gasteiger partial charge in [-0.1, -0.05) is 6.07 Å². The van der Waals surface area contributed by atoms with Gasteiger partial charge < -0.3 is 10.6 Å². The van der Waals surface area contributed by atoms with Gasteiger partial charge >= 0.3 is 0 Å². The summed E-state index contributed by atoms with van der Waals surface area (Å²) in [4.78, 5) is 24.3. The molecule has 0 saturated heterocycles. The molecule has 2 heterocycles. The van der Waals surface area contributed by atoms with E-state index in [0.29, 0.717) is 23.4 Å². The first-order chi connectivity index (χ1) is 11.2. The Morgan fingerprint density at radius 2 is 2.04 bits per heavy atom. The van der Waals surface area contributed by atoms with Gasteiger partial charge in [0.25, 0.3) is 11.8 Å². The van der Waals surface area contributed by atoms with Gasteiger partial charge in [-0.25, -0.2) is 0 Å². The lowest BCUT2D eigenvalue weighted by Gasteiger charge is -2.17. The Bertz CT molecular complexity index is 930. The van der Waals surface area contributed by atoms with Crippen LogP contribution in [0.5, 0.6) is 0 Å². The van der Waals surface area contributed by atoms with Gasteiger partial charge in [0.05, 0.1) is 0 Å². The van der Waals surface area contributed by atoms with Crippen molar-refractivity contribution in [3.63, 3.8) is 0 Å². The molecule has 0 radical (unpaired) electrons. The number of anilines is 1. The first-order valence-electron chi connectivity index (χ1n) is 7.40.